The molecule has 0 saturated carbocycles. The summed E-state index contributed by atoms with van der Waals surface area (Å²) >= 11 is 0.997. The molecule has 0 aromatic carbocycles. The van der Waals surface area contributed by atoms with Gasteiger partial charge in [0.15, 0.2) is 6.20 Å². The highest BCUT2D eigenvalue weighted by molar-refractivity contribution is 7.98. The van der Waals surface area contributed by atoms with E-state index < -0.39 is 0 Å². The molecule has 3 nitrogen and oxygen atoms in total. The third-order valence-electron chi connectivity index (χ3n) is 0.995. The monoisotopic (exact) mass is 156 g/mol. The van der Waals surface area contributed by atoms with Crippen molar-refractivity contribution in [1.82, 2.24) is 0 Å². The summed E-state index contributed by atoms with van der Waals surface area (Å²) < 4.78 is 0.683. The highest BCUT2D eigenvalue weighted by atomic mass is 32.2. The van der Waals surface area contributed by atoms with E-state index in [4.69, 9.17) is 0 Å². The average molecular weight is 156 g/mol. The van der Waals surface area contributed by atoms with Gasteiger partial charge >= 0.3 is 0 Å². The van der Waals surface area contributed by atoms with Crippen LogP contribution in [0.5, 0.6) is 0 Å². The second-order valence-electron chi connectivity index (χ2n) is 1.63. The Morgan fingerprint density at radius 2 is 2.40 bits per heavy atom. The van der Waals surface area contributed by atoms with Crippen LogP contribution in [-0.2, 0) is 5.11 Å². The van der Waals surface area contributed by atoms with Gasteiger partial charge in [0.05, 0.1) is 0 Å². The first-order chi connectivity index (χ1) is 4.84. The van der Waals surface area contributed by atoms with Crippen molar-refractivity contribution in [3.05, 3.63) is 29.6 Å². The van der Waals surface area contributed by atoms with Crippen molar-refractivity contribution >= 4 is 11.8 Å². The van der Waals surface area contributed by atoms with Gasteiger partial charge in [0, 0.05) is 12.1 Å². The summed E-state index contributed by atoms with van der Waals surface area (Å²) in [4.78, 5) is 0. The molecule has 1 aromatic rings. The van der Waals surface area contributed by atoms with Gasteiger partial charge in [0.2, 0.25) is 0 Å². The van der Waals surface area contributed by atoms with E-state index in [1.807, 2.05) is 0 Å². The van der Waals surface area contributed by atoms with Gasteiger partial charge in [-0.25, -0.2) is 5.11 Å². The Balaban J connectivity index is 2.81. The fraction of sp³-hybridized carbons (Fsp3) is 0.167. The SMILES string of the molecule is [O]CSc1cccc[n+]1[O-]. The summed E-state index contributed by atoms with van der Waals surface area (Å²) in [7, 11) is 0. The predicted octanol–water partition coefficient (Wildman–Crippen LogP) is 0.800. The maximum atomic E-state index is 10.8. The molecule has 4 heteroatoms. The molecule has 10 heavy (non-hydrogen) atoms. The molecular weight excluding hydrogens is 150 g/mol. The van der Waals surface area contributed by atoms with Crippen LogP contribution in [0.4, 0.5) is 0 Å². The average Bonchev–Trinajstić information content (AvgIpc) is 1.94. The molecule has 1 radical (unpaired) electrons. The maximum absolute atomic E-state index is 10.8. The molecule has 0 aliphatic carbocycles. The van der Waals surface area contributed by atoms with E-state index in [2.05, 4.69) is 0 Å². The second-order valence-corrected chi connectivity index (χ2v) is 2.57. The first kappa shape index (κ1) is 7.37. The van der Waals surface area contributed by atoms with Crippen LogP contribution in [0.25, 0.3) is 0 Å². The number of hydrogen-bond donors (Lipinski definition) is 0. The van der Waals surface area contributed by atoms with Gasteiger partial charge in [0.25, 0.3) is 5.03 Å². The van der Waals surface area contributed by atoms with Crippen molar-refractivity contribution in [2.45, 2.75) is 5.03 Å². The van der Waals surface area contributed by atoms with E-state index in [-0.39, 0.29) is 5.94 Å². The Hall–Kier alpha value is -0.740. The van der Waals surface area contributed by atoms with E-state index in [1.54, 1.807) is 18.2 Å². The van der Waals surface area contributed by atoms with Crippen molar-refractivity contribution in [2.75, 3.05) is 5.94 Å². The van der Waals surface area contributed by atoms with Crippen LogP contribution in [0.3, 0.4) is 0 Å². The Labute approximate surface area is 62.9 Å². The zero-order valence-electron chi connectivity index (χ0n) is 5.19. The largest absolute Gasteiger partial charge is 0.618 e. The smallest absolute Gasteiger partial charge is 0.253 e. The predicted molar refractivity (Wildman–Crippen MR) is 36.8 cm³/mol. The van der Waals surface area contributed by atoms with Crippen LogP contribution in [-0.4, -0.2) is 5.94 Å². The molecule has 0 spiro atoms. The molecule has 0 atom stereocenters. The zero-order chi connectivity index (χ0) is 7.40. The maximum Gasteiger partial charge on any atom is 0.253 e. The quantitative estimate of drug-likeness (QED) is 0.275. The van der Waals surface area contributed by atoms with Crippen LogP contribution < -0.4 is 4.73 Å². The summed E-state index contributed by atoms with van der Waals surface area (Å²) in [5, 5.41) is 21.3. The lowest BCUT2D eigenvalue weighted by Gasteiger charge is -1.98. The Kier molecular flexibility index (Phi) is 2.53. The molecule has 0 bridgehead atoms. The minimum atomic E-state index is -0.313. The molecule has 0 N–H and O–H groups in total. The highest BCUT2D eigenvalue weighted by Crippen LogP contribution is 2.09. The number of aromatic nitrogens is 1. The van der Waals surface area contributed by atoms with Crippen molar-refractivity contribution in [3.63, 3.8) is 0 Å². The zero-order valence-corrected chi connectivity index (χ0v) is 6.00. The van der Waals surface area contributed by atoms with Gasteiger partial charge < -0.3 is 5.21 Å². The molecular formula is C6H6NO2S. The Morgan fingerprint density at radius 3 is 3.00 bits per heavy atom. The summed E-state index contributed by atoms with van der Waals surface area (Å²) in [5.41, 5.74) is 0. The van der Waals surface area contributed by atoms with Gasteiger partial charge in [-0.2, -0.15) is 4.73 Å². The Morgan fingerprint density at radius 1 is 1.60 bits per heavy atom. The Bertz CT molecular complexity index is 217. The number of hydrogen-bond acceptors (Lipinski definition) is 2. The standard InChI is InChI=1S/C6H6NO2S/c8-5-10-6-3-1-2-4-7(6)9/h1-4H,5H2. The van der Waals surface area contributed by atoms with Gasteiger partial charge in [-0.15, -0.1) is 0 Å². The molecule has 0 amide bonds. The second kappa shape index (κ2) is 3.43. The summed E-state index contributed by atoms with van der Waals surface area (Å²) in [5.74, 6) is -0.313. The van der Waals surface area contributed by atoms with Crippen LogP contribution in [0.15, 0.2) is 29.4 Å². The number of pyridine rings is 1. The van der Waals surface area contributed by atoms with Gasteiger partial charge in [-0.3, -0.25) is 0 Å². The first-order valence-electron chi connectivity index (χ1n) is 2.73. The van der Waals surface area contributed by atoms with Gasteiger partial charge in [0.1, 0.15) is 5.94 Å². The van der Waals surface area contributed by atoms with Crippen LogP contribution in [0.1, 0.15) is 0 Å². The van der Waals surface area contributed by atoms with Crippen molar-refractivity contribution < 1.29 is 9.84 Å². The van der Waals surface area contributed by atoms with Crippen LogP contribution in [0.2, 0.25) is 0 Å². The van der Waals surface area contributed by atoms with Crippen molar-refractivity contribution in [2.24, 2.45) is 0 Å². The minimum absolute atomic E-state index is 0.313. The third kappa shape index (κ3) is 1.62. The van der Waals surface area contributed by atoms with E-state index in [0.29, 0.717) is 9.76 Å². The lowest BCUT2D eigenvalue weighted by atomic mass is 10.5. The summed E-state index contributed by atoms with van der Waals surface area (Å²) in [6.07, 6.45) is 1.37. The van der Waals surface area contributed by atoms with E-state index in [0.717, 1.165) is 11.8 Å². The fourth-order valence-corrected chi connectivity index (χ4v) is 1.07. The van der Waals surface area contributed by atoms with Gasteiger partial charge in [-0.1, -0.05) is 0 Å². The molecule has 0 aliphatic heterocycles. The van der Waals surface area contributed by atoms with Crippen LogP contribution >= 0.6 is 11.8 Å². The normalized spacial score (nSPS) is 9.70. The molecule has 0 saturated heterocycles. The molecule has 0 aliphatic rings. The fourth-order valence-electron chi connectivity index (χ4n) is 0.585. The highest BCUT2D eigenvalue weighted by Gasteiger charge is 2.01. The van der Waals surface area contributed by atoms with E-state index >= 15 is 0 Å². The van der Waals surface area contributed by atoms with Crippen LogP contribution in [0, 0.1) is 5.21 Å². The van der Waals surface area contributed by atoms with Gasteiger partial charge in [-0.05, 0) is 17.8 Å². The summed E-state index contributed by atoms with van der Waals surface area (Å²) in [6.45, 7) is 0. The van der Waals surface area contributed by atoms with Crippen molar-refractivity contribution in [3.8, 4) is 0 Å². The molecule has 53 valence electrons. The third-order valence-corrected chi connectivity index (χ3v) is 1.73. The van der Waals surface area contributed by atoms with E-state index in [1.165, 1.54) is 6.20 Å². The number of nitrogens with zero attached hydrogens (tertiary/aromatic N) is 1. The molecule has 1 heterocycles. The summed E-state index contributed by atoms with van der Waals surface area (Å²) in [6, 6.07) is 4.98. The van der Waals surface area contributed by atoms with Crippen molar-refractivity contribution in [1.29, 1.82) is 0 Å². The molecule has 0 unspecified atom stereocenters. The number of rotatable bonds is 2. The molecule has 0 fully saturated rings. The number of thioether (sulfide) groups is 1. The molecule has 1 aromatic heterocycles. The topological polar surface area (TPSA) is 46.8 Å². The minimum Gasteiger partial charge on any atom is -0.618 e. The lowest BCUT2D eigenvalue weighted by molar-refractivity contribution is -0.645. The van der Waals surface area contributed by atoms with E-state index in [9.17, 15) is 10.3 Å². The first-order valence-corrected chi connectivity index (χ1v) is 3.72. The lowest BCUT2D eigenvalue weighted by Crippen LogP contribution is -2.27. The molecule has 1 rings (SSSR count).